The highest BCUT2D eigenvalue weighted by Crippen LogP contribution is 2.26. The van der Waals surface area contributed by atoms with Crippen molar-refractivity contribution in [1.29, 1.82) is 0 Å². The lowest BCUT2D eigenvalue weighted by Crippen LogP contribution is -2.48. The van der Waals surface area contributed by atoms with Crippen molar-refractivity contribution in [2.75, 3.05) is 6.54 Å². The number of rotatable bonds is 5. The Bertz CT molecular complexity index is 634. The lowest BCUT2D eigenvalue weighted by molar-refractivity contribution is -0.122. The number of nitrogens with one attached hydrogen (secondary N) is 1. The molecule has 23 heavy (non-hydrogen) atoms. The molecule has 1 atom stereocenters. The second-order valence-electron chi connectivity index (χ2n) is 5.93. The Kier molecular flexibility index (Phi) is 7.51. The Balaban J connectivity index is 0.00000264. The molecule has 1 aliphatic rings. The first-order chi connectivity index (χ1) is 10.5. The lowest BCUT2D eigenvalue weighted by Gasteiger charge is -2.30. The van der Waals surface area contributed by atoms with Crippen LogP contribution in [-0.4, -0.2) is 27.6 Å². The largest absolute Gasteiger partial charge is 0.350 e. The summed E-state index contributed by atoms with van der Waals surface area (Å²) in [6, 6.07) is 1.23. The molecule has 1 saturated carbocycles. The van der Waals surface area contributed by atoms with E-state index in [1.807, 2.05) is 0 Å². The minimum absolute atomic E-state index is 0. The van der Waals surface area contributed by atoms with E-state index in [0.29, 0.717) is 12.5 Å². The van der Waals surface area contributed by atoms with Crippen molar-refractivity contribution < 1.29 is 4.79 Å². The van der Waals surface area contributed by atoms with Gasteiger partial charge in [0, 0.05) is 31.9 Å². The Hall–Kier alpha value is -1.60. The molecule has 0 radical (unpaired) electrons. The minimum atomic E-state index is -0.496. The van der Waals surface area contributed by atoms with Gasteiger partial charge in [-0.15, -0.1) is 12.4 Å². The molecule has 2 rings (SSSR count). The number of halogens is 1. The topological polar surface area (TPSA) is 99.1 Å². The Morgan fingerprint density at radius 2 is 2.00 bits per heavy atom. The van der Waals surface area contributed by atoms with Crippen molar-refractivity contribution in [2.45, 2.75) is 44.7 Å². The molecule has 1 fully saturated rings. The van der Waals surface area contributed by atoms with Crippen LogP contribution >= 0.6 is 12.4 Å². The number of carbonyl (C=O) groups excluding carboxylic acids is 1. The van der Waals surface area contributed by atoms with E-state index in [1.165, 1.54) is 43.1 Å². The fourth-order valence-corrected chi connectivity index (χ4v) is 3.05. The first kappa shape index (κ1) is 19.4. The van der Waals surface area contributed by atoms with Crippen LogP contribution in [-0.2, 0) is 18.4 Å². The smallest absolute Gasteiger partial charge is 0.331 e. The molecule has 1 aliphatic carbocycles. The number of hydrogen-bond donors (Lipinski definition) is 2. The van der Waals surface area contributed by atoms with E-state index in [2.05, 4.69) is 5.32 Å². The van der Waals surface area contributed by atoms with Crippen molar-refractivity contribution in [3.05, 3.63) is 33.1 Å². The van der Waals surface area contributed by atoms with Gasteiger partial charge in [-0.3, -0.25) is 18.7 Å². The summed E-state index contributed by atoms with van der Waals surface area (Å²) in [7, 11) is 1.39. The normalized spacial score (nSPS) is 16.4. The fraction of sp³-hybridized carbons (Fsp3) is 0.667. The van der Waals surface area contributed by atoms with Crippen LogP contribution in [0.25, 0.3) is 0 Å². The number of hydrogen-bond acceptors (Lipinski definition) is 4. The van der Waals surface area contributed by atoms with E-state index in [9.17, 15) is 14.4 Å². The molecule has 0 saturated heterocycles. The van der Waals surface area contributed by atoms with Gasteiger partial charge in [0.25, 0.3) is 5.56 Å². The van der Waals surface area contributed by atoms with Crippen LogP contribution in [0, 0.1) is 5.92 Å². The van der Waals surface area contributed by atoms with Crippen molar-refractivity contribution in [1.82, 2.24) is 14.5 Å². The summed E-state index contributed by atoms with van der Waals surface area (Å²) in [6.45, 7) is 0.300. The Morgan fingerprint density at radius 1 is 1.35 bits per heavy atom. The summed E-state index contributed by atoms with van der Waals surface area (Å²) in [5.41, 5.74) is 4.91. The number of nitrogens with two attached hydrogens (primary N) is 1. The molecule has 0 aliphatic heterocycles. The van der Waals surface area contributed by atoms with E-state index in [0.717, 1.165) is 17.4 Å². The zero-order valence-electron chi connectivity index (χ0n) is 13.4. The molecule has 3 N–H and O–H groups in total. The van der Waals surface area contributed by atoms with Gasteiger partial charge in [-0.1, -0.05) is 19.3 Å². The van der Waals surface area contributed by atoms with Crippen molar-refractivity contribution >= 4 is 18.3 Å². The van der Waals surface area contributed by atoms with Gasteiger partial charge in [0.05, 0.1) is 0 Å². The van der Waals surface area contributed by atoms with Crippen molar-refractivity contribution in [3.63, 3.8) is 0 Å². The molecule has 1 amide bonds. The third-order valence-electron chi connectivity index (χ3n) is 4.39. The Morgan fingerprint density at radius 3 is 2.61 bits per heavy atom. The van der Waals surface area contributed by atoms with E-state index in [-0.39, 0.29) is 36.5 Å². The summed E-state index contributed by atoms with van der Waals surface area (Å²) >= 11 is 0. The maximum absolute atomic E-state index is 12.2. The highest BCUT2D eigenvalue weighted by atomic mass is 35.5. The van der Waals surface area contributed by atoms with Gasteiger partial charge in [0.2, 0.25) is 5.91 Å². The van der Waals surface area contributed by atoms with E-state index < -0.39 is 5.69 Å². The average molecular weight is 345 g/mol. The summed E-state index contributed by atoms with van der Waals surface area (Å²) in [6.07, 6.45) is 7.12. The van der Waals surface area contributed by atoms with Crippen LogP contribution in [0.15, 0.2) is 21.9 Å². The van der Waals surface area contributed by atoms with Gasteiger partial charge >= 0.3 is 5.69 Å². The van der Waals surface area contributed by atoms with Gasteiger partial charge in [-0.2, -0.15) is 0 Å². The lowest BCUT2D eigenvalue weighted by atomic mass is 9.84. The first-order valence-corrected chi connectivity index (χ1v) is 7.79. The molecule has 7 nitrogen and oxygen atoms in total. The second kappa shape index (κ2) is 8.88. The number of nitrogens with zero attached hydrogens (tertiary/aromatic N) is 2. The van der Waals surface area contributed by atoms with Gasteiger partial charge < -0.3 is 11.1 Å². The molecule has 1 heterocycles. The third kappa shape index (κ3) is 4.94. The molecule has 8 heteroatoms. The van der Waals surface area contributed by atoms with E-state index in [1.54, 1.807) is 0 Å². The summed E-state index contributed by atoms with van der Waals surface area (Å²) in [5, 5.41) is 2.94. The molecular weight excluding hydrogens is 320 g/mol. The molecule has 1 unspecified atom stereocenters. The molecule has 0 aromatic carbocycles. The number of aromatic nitrogens is 2. The molecule has 1 aromatic heterocycles. The highest BCUT2D eigenvalue weighted by Gasteiger charge is 2.24. The average Bonchev–Trinajstić information content (AvgIpc) is 2.54. The van der Waals surface area contributed by atoms with Crippen LogP contribution < -0.4 is 22.3 Å². The zero-order chi connectivity index (χ0) is 16.1. The SMILES string of the molecule is Cl.Cn1c(=O)ccn(CC(=O)NC(CN)C2CCCCC2)c1=O. The van der Waals surface area contributed by atoms with Crippen LogP contribution in [0.1, 0.15) is 32.1 Å². The summed E-state index contributed by atoms with van der Waals surface area (Å²) in [4.78, 5) is 35.4. The van der Waals surface area contributed by atoms with Crippen LogP contribution in [0.2, 0.25) is 0 Å². The van der Waals surface area contributed by atoms with E-state index >= 15 is 0 Å². The van der Waals surface area contributed by atoms with Crippen LogP contribution in [0.5, 0.6) is 0 Å². The molecule has 130 valence electrons. The maximum Gasteiger partial charge on any atom is 0.331 e. The maximum atomic E-state index is 12.2. The molecule has 0 bridgehead atoms. The van der Waals surface area contributed by atoms with Gasteiger partial charge in [-0.25, -0.2) is 4.79 Å². The fourth-order valence-electron chi connectivity index (χ4n) is 3.05. The molecular formula is C15H25ClN4O3. The van der Waals surface area contributed by atoms with Gasteiger partial charge in [0.15, 0.2) is 0 Å². The predicted octanol–water partition coefficient (Wildman–Crippen LogP) is -0.00740. The zero-order valence-corrected chi connectivity index (χ0v) is 14.2. The van der Waals surface area contributed by atoms with Gasteiger partial charge in [-0.05, 0) is 18.8 Å². The van der Waals surface area contributed by atoms with Crippen molar-refractivity contribution in [2.24, 2.45) is 18.7 Å². The summed E-state index contributed by atoms with van der Waals surface area (Å²) < 4.78 is 2.21. The van der Waals surface area contributed by atoms with E-state index in [4.69, 9.17) is 5.73 Å². The third-order valence-corrected chi connectivity index (χ3v) is 4.39. The Labute approximate surface area is 141 Å². The monoisotopic (exact) mass is 344 g/mol. The minimum Gasteiger partial charge on any atom is -0.350 e. The number of amides is 1. The molecule has 1 aromatic rings. The predicted molar refractivity (Wildman–Crippen MR) is 90.8 cm³/mol. The second-order valence-corrected chi connectivity index (χ2v) is 5.93. The van der Waals surface area contributed by atoms with Crippen molar-refractivity contribution in [3.8, 4) is 0 Å². The van der Waals surface area contributed by atoms with Gasteiger partial charge in [0.1, 0.15) is 6.54 Å². The first-order valence-electron chi connectivity index (χ1n) is 7.79. The quantitative estimate of drug-likeness (QED) is 0.785. The van der Waals surface area contributed by atoms with Crippen LogP contribution in [0.3, 0.4) is 0 Å². The number of carbonyl (C=O) groups is 1. The molecule has 0 spiro atoms. The summed E-state index contributed by atoms with van der Waals surface area (Å²) in [5.74, 6) is 0.168. The highest BCUT2D eigenvalue weighted by molar-refractivity contribution is 5.85. The van der Waals surface area contributed by atoms with Crippen LogP contribution in [0.4, 0.5) is 0 Å². The standard InChI is InChI=1S/C15H24N4O3.ClH/c1-18-14(21)7-8-19(15(18)22)10-13(20)17-12(9-16)11-5-3-2-4-6-11;/h7-8,11-12H,2-6,9-10,16H2,1H3,(H,17,20);1H.